The molecule has 5 heteroatoms. The lowest BCUT2D eigenvalue weighted by molar-refractivity contribution is -0.307. The molecule has 1 aromatic carbocycles. The Balaban J connectivity index is 2.10. The molecule has 0 atom stereocenters. The van der Waals surface area contributed by atoms with Crippen molar-refractivity contribution in [3.05, 3.63) is 34.7 Å². The van der Waals surface area contributed by atoms with Gasteiger partial charge in [0.1, 0.15) is 12.4 Å². The number of aromatic nitrogens is 1. The summed E-state index contributed by atoms with van der Waals surface area (Å²) in [5, 5.41) is 13.2. The molecule has 0 saturated carbocycles. The predicted molar refractivity (Wildman–Crippen MR) is 62.8 cm³/mol. The molecule has 0 saturated heterocycles. The quantitative estimate of drug-likeness (QED) is 0.817. The van der Waals surface area contributed by atoms with Crippen LogP contribution in [-0.4, -0.2) is 17.6 Å². The number of carboxylic acid groups (broad SMARTS) is 1. The van der Waals surface area contributed by atoms with Crippen LogP contribution in [0.1, 0.15) is 5.01 Å². The zero-order chi connectivity index (χ0) is 12.3. The zero-order valence-electron chi connectivity index (χ0n) is 9.17. The van der Waals surface area contributed by atoms with Crippen LogP contribution in [0.25, 0.3) is 11.3 Å². The highest BCUT2D eigenvalue weighted by Crippen LogP contribution is 2.23. The van der Waals surface area contributed by atoms with E-state index in [0.717, 1.165) is 16.3 Å². The lowest BCUT2D eigenvalue weighted by Crippen LogP contribution is -2.28. The molecule has 4 nitrogen and oxygen atoms in total. The number of aryl methyl sites for hydroxylation is 1. The monoisotopic (exact) mass is 248 g/mol. The SMILES string of the molecule is Cc1nc(-c2ccc(OCC(=O)[O-])cc2)cs1. The van der Waals surface area contributed by atoms with Gasteiger partial charge < -0.3 is 14.6 Å². The van der Waals surface area contributed by atoms with Gasteiger partial charge in [0.25, 0.3) is 0 Å². The molecule has 0 N–H and O–H groups in total. The summed E-state index contributed by atoms with van der Waals surface area (Å²) in [6.07, 6.45) is 0. The van der Waals surface area contributed by atoms with Gasteiger partial charge in [-0.15, -0.1) is 11.3 Å². The zero-order valence-corrected chi connectivity index (χ0v) is 9.99. The van der Waals surface area contributed by atoms with Gasteiger partial charge in [-0.2, -0.15) is 0 Å². The van der Waals surface area contributed by atoms with Crippen LogP contribution in [0.4, 0.5) is 0 Å². The molecule has 0 fully saturated rings. The molecule has 0 radical (unpaired) electrons. The largest absolute Gasteiger partial charge is 0.546 e. The summed E-state index contributed by atoms with van der Waals surface area (Å²) >= 11 is 1.59. The number of nitrogens with zero attached hydrogens (tertiary/aromatic N) is 1. The van der Waals surface area contributed by atoms with E-state index in [1.165, 1.54) is 0 Å². The van der Waals surface area contributed by atoms with E-state index >= 15 is 0 Å². The standard InChI is InChI=1S/C12H11NO3S/c1-8-13-11(7-17-8)9-2-4-10(5-3-9)16-6-12(14)15/h2-5,7H,6H2,1H3,(H,14,15)/p-1. The number of ether oxygens (including phenoxy) is 1. The summed E-state index contributed by atoms with van der Waals surface area (Å²) in [7, 11) is 0. The Labute approximate surface area is 103 Å². The number of carbonyl (C=O) groups is 1. The summed E-state index contributed by atoms with van der Waals surface area (Å²) in [6.45, 7) is 1.51. The highest BCUT2D eigenvalue weighted by Gasteiger charge is 2.02. The van der Waals surface area contributed by atoms with Gasteiger partial charge in [0.2, 0.25) is 0 Å². The van der Waals surface area contributed by atoms with Crippen molar-refractivity contribution in [1.29, 1.82) is 0 Å². The molecule has 0 bridgehead atoms. The van der Waals surface area contributed by atoms with Gasteiger partial charge in [-0.25, -0.2) is 4.98 Å². The van der Waals surface area contributed by atoms with Crippen LogP contribution in [0.2, 0.25) is 0 Å². The molecule has 2 aromatic rings. The van der Waals surface area contributed by atoms with E-state index in [1.54, 1.807) is 23.5 Å². The van der Waals surface area contributed by atoms with Crippen LogP contribution in [0, 0.1) is 6.92 Å². The molecular formula is C12H10NO3S-. The summed E-state index contributed by atoms with van der Waals surface area (Å²) < 4.78 is 4.98. The molecule has 0 spiro atoms. The number of hydrogen-bond acceptors (Lipinski definition) is 5. The highest BCUT2D eigenvalue weighted by molar-refractivity contribution is 7.09. The molecule has 1 heterocycles. The van der Waals surface area contributed by atoms with Crippen LogP contribution >= 0.6 is 11.3 Å². The van der Waals surface area contributed by atoms with Gasteiger partial charge in [0.05, 0.1) is 16.7 Å². The second kappa shape index (κ2) is 4.97. The molecule has 0 aliphatic heterocycles. The predicted octanol–water partition coefficient (Wildman–Crippen LogP) is 1.25. The average molecular weight is 248 g/mol. The second-order valence-corrected chi connectivity index (χ2v) is 4.50. The molecule has 17 heavy (non-hydrogen) atoms. The fourth-order valence-electron chi connectivity index (χ4n) is 1.36. The van der Waals surface area contributed by atoms with Gasteiger partial charge in [0.15, 0.2) is 0 Å². The molecule has 1 aromatic heterocycles. The first-order chi connectivity index (χ1) is 8.15. The molecular weight excluding hydrogens is 238 g/mol. The lowest BCUT2D eigenvalue weighted by atomic mass is 10.2. The van der Waals surface area contributed by atoms with Gasteiger partial charge in [-0.3, -0.25) is 0 Å². The Morgan fingerprint density at radius 2 is 2.12 bits per heavy atom. The smallest absolute Gasteiger partial charge is 0.128 e. The first-order valence-corrected chi connectivity index (χ1v) is 5.88. The Kier molecular flexibility index (Phi) is 3.39. The molecule has 0 aliphatic rings. The summed E-state index contributed by atoms with van der Waals surface area (Å²) in [5.41, 5.74) is 1.90. The van der Waals surface area contributed by atoms with Crippen LogP contribution in [0.3, 0.4) is 0 Å². The van der Waals surface area contributed by atoms with E-state index in [4.69, 9.17) is 4.74 Å². The minimum atomic E-state index is -1.23. The van der Waals surface area contributed by atoms with E-state index in [-0.39, 0.29) is 0 Å². The lowest BCUT2D eigenvalue weighted by Gasteiger charge is -2.06. The maximum Gasteiger partial charge on any atom is 0.128 e. The minimum absolute atomic E-state index is 0.435. The number of benzene rings is 1. The van der Waals surface area contributed by atoms with Crippen LogP contribution < -0.4 is 9.84 Å². The summed E-state index contributed by atoms with van der Waals surface area (Å²) in [5.74, 6) is -0.728. The number of carbonyl (C=O) groups excluding carboxylic acids is 1. The molecule has 88 valence electrons. The molecule has 0 amide bonds. The van der Waals surface area contributed by atoms with Crippen LogP contribution in [0.5, 0.6) is 5.75 Å². The van der Waals surface area contributed by atoms with E-state index in [0.29, 0.717) is 5.75 Å². The van der Waals surface area contributed by atoms with Gasteiger partial charge in [0, 0.05) is 10.9 Å². The fraction of sp³-hybridized carbons (Fsp3) is 0.167. The van der Waals surface area contributed by atoms with E-state index < -0.39 is 12.6 Å². The van der Waals surface area contributed by atoms with E-state index in [1.807, 2.05) is 24.4 Å². The minimum Gasteiger partial charge on any atom is -0.546 e. The number of hydrogen-bond donors (Lipinski definition) is 0. The Bertz CT molecular complexity index is 519. The average Bonchev–Trinajstić information content (AvgIpc) is 2.74. The van der Waals surface area contributed by atoms with Crippen molar-refractivity contribution >= 4 is 17.3 Å². The summed E-state index contributed by atoms with van der Waals surface area (Å²) in [4.78, 5) is 14.6. The second-order valence-electron chi connectivity index (χ2n) is 3.44. The number of thiazole rings is 1. The normalized spacial score (nSPS) is 10.2. The molecule has 2 rings (SSSR count). The van der Waals surface area contributed by atoms with Crippen molar-refractivity contribution in [2.75, 3.05) is 6.61 Å². The van der Waals surface area contributed by atoms with Gasteiger partial charge in [-0.1, -0.05) is 0 Å². The Hall–Kier alpha value is -1.88. The molecule has 0 unspecified atom stereocenters. The third kappa shape index (κ3) is 3.04. The van der Waals surface area contributed by atoms with Crippen molar-refractivity contribution in [3.8, 4) is 17.0 Å². The van der Waals surface area contributed by atoms with Crippen molar-refractivity contribution in [2.45, 2.75) is 6.92 Å². The number of rotatable bonds is 4. The van der Waals surface area contributed by atoms with Crippen molar-refractivity contribution < 1.29 is 14.6 Å². The Morgan fingerprint density at radius 1 is 1.41 bits per heavy atom. The third-order valence-electron chi connectivity index (χ3n) is 2.13. The Morgan fingerprint density at radius 3 is 2.65 bits per heavy atom. The molecule has 0 aliphatic carbocycles. The van der Waals surface area contributed by atoms with Crippen molar-refractivity contribution in [2.24, 2.45) is 0 Å². The summed E-state index contributed by atoms with van der Waals surface area (Å²) in [6, 6.07) is 7.12. The third-order valence-corrected chi connectivity index (χ3v) is 2.90. The van der Waals surface area contributed by atoms with E-state index in [2.05, 4.69) is 4.98 Å². The first-order valence-electron chi connectivity index (χ1n) is 5.00. The highest BCUT2D eigenvalue weighted by atomic mass is 32.1. The van der Waals surface area contributed by atoms with Gasteiger partial charge >= 0.3 is 0 Å². The van der Waals surface area contributed by atoms with Crippen molar-refractivity contribution in [1.82, 2.24) is 4.98 Å². The van der Waals surface area contributed by atoms with Crippen LogP contribution in [-0.2, 0) is 4.79 Å². The van der Waals surface area contributed by atoms with Gasteiger partial charge in [-0.05, 0) is 31.2 Å². The maximum atomic E-state index is 10.2. The maximum absolute atomic E-state index is 10.2. The van der Waals surface area contributed by atoms with E-state index in [9.17, 15) is 9.90 Å². The van der Waals surface area contributed by atoms with Crippen LogP contribution in [0.15, 0.2) is 29.6 Å². The number of aliphatic carboxylic acids is 1. The fourth-order valence-corrected chi connectivity index (χ4v) is 1.98. The number of carboxylic acids is 1. The topological polar surface area (TPSA) is 62.2 Å². The first kappa shape index (κ1) is 11.6. The van der Waals surface area contributed by atoms with Crippen molar-refractivity contribution in [3.63, 3.8) is 0 Å².